The van der Waals surface area contributed by atoms with Crippen molar-refractivity contribution in [1.29, 1.82) is 5.26 Å². The minimum Gasteiger partial charge on any atom is -0.285 e. The van der Waals surface area contributed by atoms with Gasteiger partial charge in [-0.2, -0.15) is 14.8 Å². The van der Waals surface area contributed by atoms with Gasteiger partial charge in [0.2, 0.25) is 5.95 Å². The van der Waals surface area contributed by atoms with Crippen molar-refractivity contribution >= 4 is 62.3 Å². The number of halogens is 10. The maximum atomic E-state index is 14.6. The van der Waals surface area contributed by atoms with E-state index >= 15 is 0 Å². The summed E-state index contributed by atoms with van der Waals surface area (Å²) in [5, 5.41) is 17.2. The third kappa shape index (κ3) is 34.5. The number of H-pyrrole nitrogens is 1. The van der Waals surface area contributed by atoms with Crippen molar-refractivity contribution in [3.8, 4) is 50.8 Å². The second kappa shape index (κ2) is 46.1. The lowest BCUT2D eigenvalue weighted by Crippen LogP contribution is -2.14. The van der Waals surface area contributed by atoms with E-state index in [-0.39, 0.29) is 65.3 Å². The van der Waals surface area contributed by atoms with Gasteiger partial charge in [0.25, 0.3) is 0 Å². The SMILES string of the molecule is CC(C)(C)c1cccc(-c2cc(F)c(F)cc2Cl)c1F.CC(C)(C)c1cccc(-c2cccc(Cl)c2)c1F.CC(C)(C)c1cccc(-c2ccccc2Cl)n1.CC(C)(C)c1cccc(-c2cn[nH]c2)n1.CC(C)(C)c1cccc(C#N)n1.CC(C)(C)c1cccc(C2CC2)n1.CC(C)(C)c1cccc(Cl)n1.CC(C)(C)c1cccc(F)n1.CC(C)(C)c1cncc(Br)c1. The average Bonchev–Trinajstić information content (AvgIpc) is 1.32. The van der Waals surface area contributed by atoms with Crippen LogP contribution < -0.4 is 0 Å². The first-order chi connectivity index (χ1) is 59.3. The summed E-state index contributed by atoms with van der Waals surface area (Å²) >= 11 is 27.2. The first-order valence-electron chi connectivity index (χ1n) is 42.7. The van der Waals surface area contributed by atoms with Crippen LogP contribution >= 0.6 is 62.3 Å². The highest BCUT2D eigenvalue weighted by Crippen LogP contribution is 2.41. The summed E-state index contributed by atoms with van der Waals surface area (Å²) in [6, 6.07) is 66.1. The fourth-order valence-corrected chi connectivity index (χ4v) is 13.2. The van der Waals surface area contributed by atoms with Crippen LogP contribution in [0, 0.1) is 40.5 Å². The molecule has 1 aliphatic carbocycles. The second-order valence-electron chi connectivity index (χ2n) is 40.4. The van der Waals surface area contributed by atoms with E-state index in [4.69, 9.17) is 61.6 Å². The Labute approximate surface area is 787 Å². The number of rotatable bonds is 5. The third-order valence-corrected chi connectivity index (χ3v) is 21.3. The molecule has 0 saturated heterocycles. The minimum atomic E-state index is -1.05. The molecule has 128 heavy (non-hydrogen) atoms. The molecule has 1 fully saturated rings. The van der Waals surface area contributed by atoms with Crippen molar-refractivity contribution in [2.45, 2.75) is 254 Å². The number of nitrogens with zero attached hydrogens (tertiary/aromatic N) is 9. The maximum Gasteiger partial charge on any atom is 0.213 e. The van der Waals surface area contributed by atoms with Crippen LogP contribution in [0.5, 0.6) is 0 Å². The molecular weight excluding hydrogens is 1750 g/mol. The summed E-state index contributed by atoms with van der Waals surface area (Å²) in [6.07, 6.45) is 10.0. The smallest absolute Gasteiger partial charge is 0.213 e. The molecule has 0 amide bonds. The van der Waals surface area contributed by atoms with Crippen LogP contribution in [0.4, 0.5) is 22.0 Å². The Balaban J connectivity index is 0.000000224. The number of pyridine rings is 7. The van der Waals surface area contributed by atoms with Gasteiger partial charge in [-0.25, -0.2) is 32.5 Å². The van der Waals surface area contributed by atoms with Gasteiger partial charge in [0, 0.05) is 139 Å². The van der Waals surface area contributed by atoms with Gasteiger partial charge < -0.3 is 0 Å². The first-order valence-corrected chi connectivity index (χ1v) is 45.0. The molecular formula is C108H126BrCl4F5N10. The number of aromatic nitrogens is 9. The van der Waals surface area contributed by atoms with Gasteiger partial charge in [0.15, 0.2) is 11.6 Å². The van der Waals surface area contributed by atoms with Crippen molar-refractivity contribution < 1.29 is 22.0 Å². The Morgan fingerprint density at radius 2 is 0.797 bits per heavy atom. The Kier molecular flexibility index (Phi) is 38.5. The molecule has 8 heterocycles. The molecule has 678 valence electrons. The zero-order valence-corrected chi connectivity index (χ0v) is 83.9. The largest absolute Gasteiger partial charge is 0.285 e. The van der Waals surface area contributed by atoms with Crippen molar-refractivity contribution in [2.24, 2.45) is 0 Å². The Bertz CT molecular complexity index is 5650. The topological polar surface area (TPSA) is 143 Å². The second-order valence-corrected chi connectivity index (χ2v) is 43.0. The summed E-state index contributed by atoms with van der Waals surface area (Å²) in [5.74, 6) is -2.36. The summed E-state index contributed by atoms with van der Waals surface area (Å²) in [5.41, 5.74) is 16.0. The molecule has 0 radical (unpaired) electrons. The summed E-state index contributed by atoms with van der Waals surface area (Å²) in [7, 11) is 0. The highest BCUT2D eigenvalue weighted by Gasteiger charge is 2.28. The van der Waals surface area contributed by atoms with E-state index in [0.29, 0.717) is 27.0 Å². The van der Waals surface area contributed by atoms with Gasteiger partial charge in [-0.05, 0) is 176 Å². The number of aromatic amines is 1. The lowest BCUT2D eigenvalue weighted by atomic mass is 9.85. The molecule has 0 bridgehead atoms. The molecule has 10 nitrogen and oxygen atoms in total. The molecule has 0 atom stereocenters. The quantitative estimate of drug-likeness (QED) is 0.101. The van der Waals surface area contributed by atoms with E-state index in [0.717, 1.165) is 89.7 Å². The van der Waals surface area contributed by atoms with Crippen LogP contribution in [0.15, 0.2) is 242 Å². The van der Waals surface area contributed by atoms with E-state index in [2.05, 4.69) is 212 Å². The molecule has 13 aromatic rings. The molecule has 0 unspecified atom stereocenters. The molecule has 1 aliphatic rings. The molecule has 0 spiro atoms. The normalized spacial score (nSPS) is 12.2. The summed E-state index contributed by atoms with van der Waals surface area (Å²) in [4.78, 5) is 30.3. The lowest BCUT2D eigenvalue weighted by molar-refractivity contribution is 0.508. The van der Waals surface area contributed by atoms with Crippen molar-refractivity contribution in [1.82, 2.24) is 45.1 Å². The average molecular weight is 1880 g/mol. The molecule has 8 aromatic heterocycles. The Morgan fingerprint density at radius 3 is 1.25 bits per heavy atom. The van der Waals surface area contributed by atoms with Gasteiger partial charge in [0.05, 0.1) is 22.6 Å². The number of nitriles is 1. The predicted octanol–water partition coefficient (Wildman–Crippen LogP) is 32.8. The highest BCUT2D eigenvalue weighted by atomic mass is 79.9. The van der Waals surface area contributed by atoms with Gasteiger partial charge in [-0.3, -0.25) is 25.0 Å². The van der Waals surface area contributed by atoms with Crippen LogP contribution in [0.1, 0.15) is 268 Å². The van der Waals surface area contributed by atoms with E-state index in [9.17, 15) is 22.0 Å². The van der Waals surface area contributed by atoms with E-state index in [1.807, 2.05) is 184 Å². The lowest BCUT2D eigenvalue weighted by Gasteiger charge is -2.21. The van der Waals surface area contributed by atoms with Gasteiger partial charge in [-0.15, -0.1) is 0 Å². The molecule has 20 heteroatoms. The van der Waals surface area contributed by atoms with Crippen LogP contribution in [0.2, 0.25) is 20.2 Å². The molecule has 1 N–H and O–H groups in total. The van der Waals surface area contributed by atoms with Crippen molar-refractivity contribution in [3.63, 3.8) is 0 Å². The Hall–Kier alpha value is -9.86. The highest BCUT2D eigenvalue weighted by molar-refractivity contribution is 9.10. The number of nitrogens with one attached hydrogen (secondary N) is 1. The van der Waals surface area contributed by atoms with E-state index in [1.54, 1.807) is 60.9 Å². The van der Waals surface area contributed by atoms with E-state index in [1.165, 1.54) is 41.9 Å². The number of hydrogen-bond donors (Lipinski definition) is 1. The van der Waals surface area contributed by atoms with Crippen molar-refractivity contribution in [3.05, 3.63) is 353 Å². The van der Waals surface area contributed by atoms with Crippen LogP contribution in [-0.4, -0.2) is 45.1 Å². The van der Waals surface area contributed by atoms with Crippen molar-refractivity contribution in [2.75, 3.05) is 0 Å². The number of hydrogen-bond acceptors (Lipinski definition) is 9. The van der Waals surface area contributed by atoms with Crippen LogP contribution in [0.3, 0.4) is 0 Å². The third-order valence-electron chi connectivity index (χ3n) is 19.7. The monoisotopic (exact) mass is 1880 g/mol. The van der Waals surface area contributed by atoms with Gasteiger partial charge in [0.1, 0.15) is 28.6 Å². The van der Waals surface area contributed by atoms with Gasteiger partial charge in [-0.1, -0.05) is 336 Å². The zero-order valence-electron chi connectivity index (χ0n) is 79.3. The number of benzene rings is 5. The minimum absolute atomic E-state index is 0.0196. The van der Waals surface area contributed by atoms with Crippen LogP contribution in [0.25, 0.3) is 44.8 Å². The summed E-state index contributed by atoms with van der Waals surface area (Å²) < 4.78 is 69.2. The standard InChI is InChI=1S/C16H14ClF3.C16H16ClF.C15H16ClN.C12H15N3.C12H17N.C10H12N2.C9H12BrN.C9H12ClN.C9H12FN/c1-16(2,3)11-6-4-5-9(15(11)20)10-7-13(18)14(19)8-12(10)17;1-16(2,3)14-9-5-8-13(15(14)18)11-6-4-7-12(17)10-11;1-15(2,3)14-10-6-9-13(17-14)11-7-4-5-8-12(11)16;1-12(2,3)11-6-4-5-10(15-11)9-7-13-14-8-9;1-12(2,3)11-6-4-5-10(13-11)9-7-8-9;1-10(2,3)9-6-4-5-8(7-11)12-9;1-9(2,3)7-4-8(10)6-11-5-7;2*1-9(2,3)7-5-4-6-8(10)11-7/h4-8H,1-3H3;4-10H,1-3H3;4-10H,1-3H3;4-8H,1-3H3,(H,13,14);4-6,9H,7-8H2,1-3H3;4-6H,1-3H3;3*4-6H,1-3H3. The first kappa shape index (κ1) is 107. The zero-order chi connectivity index (χ0) is 95.9. The maximum absolute atomic E-state index is 14.6. The van der Waals surface area contributed by atoms with Crippen LogP contribution in [-0.2, 0) is 48.7 Å². The summed E-state index contributed by atoms with van der Waals surface area (Å²) in [6.45, 7) is 56.4. The van der Waals surface area contributed by atoms with Gasteiger partial charge >= 0.3 is 0 Å². The predicted molar refractivity (Wildman–Crippen MR) is 529 cm³/mol. The fraction of sp³-hybridized carbons (Fsp3) is 0.361. The van der Waals surface area contributed by atoms with E-state index < -0.39 is 28.8 Å². The molecule has 14 rings (SSSR count). The molecule has 5 aromatic carbocycles. The molecule has 0 aliphatic heterocycles. The molecule has 1 saturated carbocycles. The fourth-order valence-electron chi connectivity index (χ4n) is 12.0. The Morgan fingerprint density at radius 1 is 0.359 bits per heavy atom.